The zero-order valence-corrected chi connectivity index (χ0v) is 9.00. The quantitative estimate of drug-likeness (QED) is 0.486. The lowest BCUT2D eigenvalue weighted by Crippen LogP contribution is -2.33. The Bertz CT molecular complexity index is 164. The van der Waals surface area contributed by atoms with E-state index in [1.807, 2.05) is 0 Å². The summed E-state index contributed by atoms with van der Waals surface area (Å²) in [5.74, 6) is 0.397. The molecule has 0 aromatic carbocycles. The third-order valence-electron chi connectivity index (χ3n) is 2.41. The van der Waals surface area contributed by atoms with Crippen LogP contribution in [0.25, 0.3) is 0 Å². The molecule has 4 nitrogen and oxygen atoms in total. The number of hydrogen-bond acceptors (Lipinski definition) is 4. The van der Waals surface area contributed by atoms with Gasteiger partial charge in [0.25, 0.3) is 0 Å². The number of rotatable bonds is 8. The highest BCUT2D eigenvalue weighted by Gasteiger charge is 2.09. The van der Waals surface area contributed by atoms with Crippen LogP contribution in [0.2, 0.25) is 0 Å². The summed E-state index contributed by atoms with van der Waals surface area (Å²) in [4.78, 5) is 0. The normalized spacial score (nSPS) is 14.7. The second-order valence-corrected chi connectivity index (χ2v) is 3.68. The Labute approximate surface area is 86.6 Å². The van der Waals surface area contributed by atoms with E-state index in [1.54, 1.807) is 0 Å². The van der Waals surface area contributed by atoms with Crippen LogP contribution >= 0.6 is 0 Å². The van der Waals surface area contributed by atoms with E-state index in [-0.39, 0.29) is 6.04 Å². The van der Waals surface area contributed by atoms with Gasteiger partial charge >= 0.3 is 0 Å². The first-order valence-electron chi connectivity index (χ1n) is 5.25. The Kier molecular flexibility index (Phi) is 8.54. The Morgan fingerprint density at radius 3 is 2.71 bits per heavy atom. The Morgan fingerprint density at radius 2 is 2.14 bits per heavy atom. The molecule has 0 aliphatic rings. The van der Waals surface area contributed by atoms with Crippen LogP contribution in [0.4, 0.5) is 0 Å². The minimum absolute atomic E-state index is 0.206. The smallest absolute Gasteiger partial charge is 0.0635 e. The number of nitriles is 1. The van der Waals surface area contributed by atoms with Crippen LogP contribution in [0.1, 0.15) is 26.2 Å². The monoisotopic (exact) mass is 198 g/mol. The molecule has 0 saturated heterocycles. The lowest BCUT2D eigenvalue weighted by Gasteiger charge is -2.17. The minimum atomic E-state index is 0.206. The van der Waals surface area contributed by atoms with Crippen molar-refractivity contribution in [2.75, 3.05) is 19.6 Å². The molecular formula is C10H22N4. The van der Waals surface area contributed by atoms with E-state index in [1.165, 1.54) is 0 Å². The zero-order chi connectivity index (χ0) is 10.8. The van der Waals surface area contributed by atoms with Gasteiger partial charge in [0.05, 0.1) is 6.07 Å². The third-order valence-corrected chi connectivity index (χ3v) is 2.41. The average Bonchev–Trinajstić information content (AvgIpc) is 2.21. The summed E-state index contributed by atoms with van der Waals surface area (Å²) in [7, 11) is 0. The second kappa shape index (κ2) is 8.95. The van der Waals surface area contributed by atoms with Gasteiger partial charge in [0.2, 0.25) is 0 Å². The van der Waals surface area contributed by atoms with Crippen molar-refractivity contribution < 1.29 is 0 Å². The highest BCUT2D eigenvalue weighted by molar-refractivity contribution is 4.72. The van der Waals surface area contributed by atoms with Crippen LogP contribution in [0.5, 0.6) is 0 Å². The van der Waals surface area contributed by atoms with Crippen LogP contribution < -0.4 is 16.8 Å². The van der Waals surface area contributed by atoms with E-state index >= 15 is 0 Å². The molecule has 0 amide bonds. The van der Waals surface area contributed by atoms with Gasteiger partial charge in [-0.1, -0.05) is 6.92 Å². The maximum atomic E-state index is 8.29. The summed E-state index contributed by atoms with van der Waals surface area (Å²) in [5, 5.41) is 11.5. The highest BCUT2D eigenvalue weighted by Crippen LogP contribution is 2.04. The largest absolute Gasteiger partial charge is 0.330 e. The summed E-state index contributed by atoms with van der Waals surface area (Å²) in [6.07, 6.45) is 2.63. The third kappa shape index (κ3) is 6.84. The highest BCUT2D eigenvalue weighted by atomic mass is 14.8. The lowest BCUT2D eigenvalue weighted by atomic mass is 9.99. The van der Waals surface area contributed by atoms with E-state index in [0.29, 0.717) is 18.9 Å². The van der Waals surface area contributed by atoms with Crippen LogP contribution in [-0.2, 0) is 0 Å². The number of nitrogens with two attached hydrogens (primary N) is 2. The molecule has 0 aliphatic heterocycles. The van der Waals surface area contributed by atoms with Gasteiger partial charge in [0.15, 0.2) is 0 Å². The van der Waals surface area contributed by atoms with Crippen molar-refractivity contribution in [3.63, 3.8) is 0 Å². The van der Waals surface area contributed by atoms with Gasteiger partial charge in [-0.25, -0.2) is 0 Å². The second-order valence-electron chi connectivity index (χ2n) is 3.68. The van der Waals surface area contributed by atoms with Crippen molar-refractivity contribution in [2.24, 2.45) is 17.4 Å². The molecule has 14 heavy (non-hydrogen) atoms. The summed E-state index contributed by atoms with van der Waals surface area (Å²) in [6, 6.07) is 2.30. The molecule has 0 aromatic heterocycles. The predicted octanol–water partition coefficient (Wildman–Crippen LogP) is 0.192. The molecule has 82 valence electrons. The van der Waals surface area contributed by atoms with Gasteiger partial charge in [-0.2, -0.15) is 5.26 Å². The van der Waals surface area contributed by atoms with Crippen molar-refractivity contribution >= 4 is 0 Å². The van der Waals surface area contributed by atoms with Crippen molar-refractivity contribution in [2.45, 2.75) is 32.2 Å². The van der Waals surface area contributed by atoms with Crippen molar-refractivity contribution in [1.82, 2.24) is 5.32 Å². The summed E-state index contributed by atoms with van der Waals surface area (Å²) in [5.41, 5.74) is 11.4. The molecule has 0 rings (SSSR count). The topological polar surface area (TPSA) is 87.9 Å². The molecule has 0 fully saturated rings. The van der Waals surface area contributed by atoms with E-state index in [4.69, 9.17) is 16.7 Å². The van der Waals surface area contributed by atoms with Gasteiger partial charge in [-0.15, -0.1) is 0 Å². The standard InChI is InChI=1S/C10H22N4/c1-9(8-12)10(13)4-2-6-14-7-3-5-11/h9-10,14H,2-4,6-8,12-13H2,1H3. The summed E-state index contributed by atoms with van der Waals surface area (Å²) in [6.45, 7) is 4.45. The van der Waals surface area contributed by atoms with Gasteiger partial charge in [0, 0.05) is 19.0 Å². The van der Waals surface area contributed by atoms with E-state index in [0.717, 1.165) is 25.9 Å². The molecule has 0 heterocycles. The predicted molar refractivity (Wildman–Crippen MR) is 58.5 cm³/mol. The maximum Gasteiger partial charge on any atom is 0.0635 e. The number of nitrogens with zero attached hydrogens (tertiary/aromatic N) is 1. The van der Waals surface area contributed by atoms with Crippen LogP contribution in [0.3, 0.4) is 0 Å². The van der Waals surface area contributed by atoms with E-state index < -0.39 is 0 Å². The van der Waals surface area contributed by atoms with Gasteiger partial charge in [-0.3, -0.25) is 0 Å². The molecular weight excluding hydrogens is 176 g/mol. The molecule has 0 radical (unpaired) electrons. The van der Waals surface area contributed by atoms with E-state index in [9.17, 15) is 0 Å². The first-order valence-corrected chi connectivity index (χ1v) is 5.25. The number of nitrogens with one attached hydrogen (secondary N) is 1. The maximum absolute atomic E-state index is 8.29. The van der Waals surface area contributed by atoms with Gasteiger partial charge in [-0.05, 0) is 31.8 Å². The first-order chi connectivity index (χ1) is 6.72. The van der Waals surface area contributed by atoms with E-state index in [2.05, 4.69) is 18.3 Å². The fourth-order valence-corrected chi connectivity index (χ4v) is 1.19. The molecule has 5 N–H and O–H groups in total. The molecule has 2 unspecified atom stereocenters. The average molecular weight is 198 g/mol. The van der Waals surface area contributed by atoms with Gasteiger partial charge < -0.3 is 16.8 Å². The molecule has 2 atom stereocenters. The summed E-state index contributed by atoms with van der Waals surface area (Å²) < 4.78 is 0. The fraction of sp³-hybridized carbons (Fsp3) is 0.900. The minimum Gasteiger partial charge on any atom is -0.330 e. The first kappa shape index (κ1) is 13.4. The van der Waals surface area contributed by atoms with Crippen molar-refractivity contribution in [3.05, 3.63) is 0 Å². The fourth-order valence-electron chi connectivity index (χ4n) is 1.19. The lowest BCUT2D eigenvalue weighted by molar-refractivity contribution is 0.425. The van der Waals surface area contributed by atoms with Crippen molar-refractivity contribution in [1.29, 1.82) is 5.26 Å². The van der Waals surface area contributed by atoms with Crippen molar-refractivity contribution in [3.8, 4) is 6.07 Å². The van der Waals surface area contributed by atoms with Gasteiger partial charge in [0.1, 0.15) is 0 Å². The Morgan fingerprint density at radius 1 is 1.43 bits per heavy atom. The molecule has 0 bridgehead atoms. The molecule has 4 heteroatoms. The summed E-state index contributed by atoms with van der Waals surface area (Å²) >= 11 is 0. The Hall–Kier alpha value is -0.630. The zero-order valence-electron chi connectivity index (χ0n) is 9.00. The number of hydrogen-bond donors (Lipinski definition) is 3. The van der Waals surface area contributed by atoms with Crippen LogP contribution in [0.15, 0.2) is 0 Å². The molecule has 0 aromatic rings. The van der Waals surface area contributed by atoms with Crippen LogP contribution in [-0.4, -0.2) is 25.7 Å². The Balaban J connectivity index is 3.23. The molecule has 0 saturated carbocycles. The molecule has 0 aliphatic carbocycles. The molecule has 0 spiro atoms. The SMILES string of the molecule is CC(CN)C(N)CCCNCCC#N. The van der Waals surface area contributed by atoms with Crippen LogP contribution in [0, 0.1) is 17.2 Å².